The number of hydrogen-bond donors (Lipinski definition) is 1. The second-order valence-corrected chi connectivity index (χ2v) is 5.48. The Bertz CT molecular complexity index is 553. The molecule has 0 radical (unpaired) electrons. The van der Waals surface area contributed by atoms with Gasteiger partial charge in [0.1, 0.15) is 5.76 Å². The van der Waals surface area contributed by atoms with Crippen LogP contribution in [0.25, 0.3) is 0 Å². The van der Waals surface area contributed by atoms with Gasteiger partial charge in [0.2, 0.25) is 0 Å². The van der Waals surface area contributed by atoms with Gasteiger partial charge < -0.3 is 9.73 Å². The molecule has 4 heteroatoms. The number of benzene rings is 1. The minimum atomic E-state index is 0.297. The van der Waals surface area contributed by atoms with E-state index in [0.717, 1.165) is 23.9 Å². The van der Waals surface area contributed by atoms with Crippen LogP contribution >= 0.6 is 11.6 Å². The molecule has 1 N–H and O–H groups in total. The highest BCUT2D eigenvalue weighted by Gasteiger charge is 2.15. The summed E-state index contributed by atoms with van der Waals surface area (Å²) < 4.78 is 5.50. The molecule has 0 bridgehead atoms. The monoisotopic (exact) mass is 292 g/mol. The van der Waals surface area contributed by atoms with Crippen molar-refractivity contribution in [2.24, 2.45) is 0 Å². The summed E-state index contributed by atoms with van der Waals surface area (Å²) in [5, 5.41) is 3.90. The second-order valence-electron chi connectivity index (χ2n) is 5.05. The number of hydrogen-bond acceptors (Lipinski definition) is 3. The molecule has 1 unspecified atom stereocenters. The first-order valence-corrected chi connectivity index (χ1v) is 7.15. The largest absolute Gasteiger partial charge is 0.468 e. The lowest BCUT2D eigenvalue weighted by Gasteiger charge is -2.25. The minimum Gasteiger partial charge on any atom is -0.468 e. The van der Waals surface area contributed by atoms with Crippen LogP contribution in [-0.4, -0.2) is 19.0 Å². The Balaban J connectivity index is 2.07. The van der Waals surface area contributed by atoms with Gasteiger partial charge in [0, 0.05) is 23.2 Å². The summed E-state index contributed by atoms with van der Waals surface area (Å²) in [7, 11) is 4.03. The maximum Gasteiger partial charge on any atom is 0.122 e. The molecule has 3 nitrogen and oxygen atoms in total. The SMILES string of the molecule is CNCc1occc1CN(C)C(C)c1cccc(Cl)c1. The lowest BCUT2D eigenvalue weighted by Crippen LogP contribution is -2.22. The summed E-state index contributed by atoms with van der Waals surface area (Å²) >= 11 is 6.06. The lowest BCUT2D eigenvalue weighted by atomic mass is 10.1. The second kappa shape index (κ2) is 6.93. The van der Waals surface area contributed by atoms with E-state index < -0.39 is 0 Å². The Kier molecular flexibility index (Phi) is 5.24. The van der Waals surface area contributed by atoms with Crippen LogP contribution in [0.4, 0.5) is 0 Å². The van der Waals surface area contributed by atoms with E-state index in [1.54, 1.807) is 6.26 Å². The molecule has 0 saturated heterocycles. The highest BCUT2D eigenvalue weighted by molar-refractivity contribution is 6.30. The summed E-state index contributed by atoms with van der Waals surface area (Å²) in [6.45, 7) is 3.78. The summed E-state index contributed by atoms with van der Waals surface area (Å²) in [5.74, 6) is 0.998. The standard InChI is InChI=1S/C16H21ClN2O/c1-12(13-5-4-6-15(17)9-13)19(3)11-14-7-8-20-16(14)10-18-2/h4-9,12,18H,10-11H2,1-3H3. The quantitative estimate of drug-likeness (QED) is 0.877. The molecule has 0 aliphatic rings. The minimum absolute atomic E-state index is 0.297. The topological polar surface area (TPSA) is 28.4 Å². The Labute approximate surface area is 125 Å². The Hall–Kier alpha value is -1.29. The molecule has 0 fully saturated rings. The van der Waals surface area contributed by atoms with Crippen molar-refractivity contribution in [3.8, 4) is 0 Å². The third-order valence-electron chi connectivity index (χ3n) is 3.59. The van der Waals surface area contributed by atoms with Gasteiger partial charge in [-0.05, 0) is 44.8 Å². The molecule has 0 saturated carbocycles. The average Bonchev–Trinajstić information content (AvgIpc) is 2.85. The number of halogens is 1. The molecule has 108 valence electrons. The van der Waals surface area contributed by atoms with Crippen molar-refractivity contribution < 1.29 is 4.42 Å². The molecule has 0 amide bonds. The van der Waals surface area contributed by atoms with E-state index in [-0.39, 0.29) is 0 Å². The van der Waals surface area contributed by atoms with Crippen molar-refractivity contribution in [3.63, 3.8) is 0 Å². The highest BCUT2D eigenvalue weighted by atomic mass is 35.5. The van der Waals surface area contributed by atoms with E-state index in [1.807, 2.05) is 31.3 Å². The smallest absolute Gasteiger partial charge is 0.122 e. The molecule has 1 atom stereocenters. The van der Waals surface area contributed by atoms with Gasteiger partial charge in [0.15, 0.2) is 0 Å². The van der Waals surface area contributed by atoms with Gasteiger partial charge in [-0.25, -0.2) is 0 Å². The van der Waals surface area contributed by atoms with Crippen molar-refractivity contribution >= 4 is 11.6 Å². The molecule has 1 aromatic heterocycles. The first-order chi connectivity index (χ1) is 9.61. The Morgan fingerprint density at radius 3 is 2.85 bits per heavy atom. The van der Waals surface area contributed by atoms with E-state index in [4.69, 9.17) is 16.0 Å². The summed E-state index contributed by atoms with van der Waals surface area (Å²) in [4.78, 5) is 2.29. The van der Waals surface area contributed by atoms with Crippen LogP contribution < -0.4 is 5.32 Å². The molecule has 2 rings (SSSR count). The van der Waals surface area contributed by atoms with Crippen LogP contribution in [0, 0.1) is 0 Å². The zero-order chi connectivity index (χ0) is 14.5. The van der Waals surface area contributed by atoms with Gasteiger partial charge in [0.25, 0.3) is 0 Å². The summed E-state index contributed by atoms with van der Waals surface area (Å²) in [5.41, 5.74) is 2.44. The zero-order valence-electron chi connectivity index (χ0n) is 12.2. The van der Waals surface area contributed by atoms with Gasteiger partial charge in [-0.2, -0.15) is 0 Å². The third kappa shape index (κ3) is 3.63. The molecule has 0 aliphatic carbocycles. The number of furan rings is 1. The van der Waals surface area contributed by atoms with Gasteiger partial charge >= 0.3 is 0 Å². The molecule has 0 spiro atoms. The fourth-order valence-electron chi connectivity index (χ4n) is 2.25. The fourth-order valence-corrected chi connectivity index (χ4v) is 2.45. The first kappa shape index (κ1) is 15.1. The molecule has 20 heavy (non-hydrogen) atoms. The van der Waals surface area contributed by atoms with Crippen molar-refractivity contribution in [2.45, 2.75) is 26.1 Å². The maximum atomic E-state index is 6.06. The number of nitrogens with one attached hydrogen (secondary N) is 1. The molecular weight excluding hydrogens is 272 g/mol. The molecule has 1 heterocycles. The summed E-state index contributed by atoms with van der Waals surface area (Å²) in [6, 6.07) is 10.4. The van der Waals surface area contributed by atoms with Crippen LogP contribution in [-0.2, 0) is 13.1 Å². The first-order valence-electron chi connectivity index (χ1n) is 6.77. The van der Waals surface area contributed by atoms with Crippen LogP contribution in [0.2, 0.25) is 5.02 Å². The molecule has 1 aromatic carbocycles. The molecule has 2 aromatic rings. The van der Waals surface area contributed by atoms with E-state index in [0.29, 0.717) is 6.04 Å². The van der Waals surface area contributed by atoms with Gasteiger partial charge in [-0.15, -0.1) is 0 Å². The average molecular weight is 293 g/mol. The van der Waals surface area contributed by atoms with E-state index in [1.165, 1.54) is 11.1 Å². The Morgan fingerprint density at radius 2 is 2.15 bits per heavy atom. The van der Waals surface area contributed by atoms with Gasteiger partial charge in [0.05, 0.1) is 12.8 Å². The van der Waals surface area contributed by atoms with E-state index in [9.17, 15) is 0 Å². The highest BCUT2D eigenvalue weighted by Crippen LogP contribution is 2.24. The maximum absolute atomic E-state index is 6.06. The predicted molar refractivity (Wildman–Crippen MR) is 82.8 cm³/mol. The van der Waals surface area contributed by atoms with Gasteiger partial charge in [-0.3, -0.25) is 4.90 Å². The summed E-state index contributed by atoms with van der Waals surface area (Å²) in [6.07, 6.45) is 1.75. The number of nitrogens with zero attached hydrogens (tertiary/aromatic N) is 1. The molecular formula is C16H21ClN2O. The fraction of sp³-hybridized carbons (Fsp3) is 0.375. The van der Waals surface area contributed by atoms with Crippen molar-refractivity contribution in [3.05, 3.63) is 58.5 Å². The van der Waals surface area contributed by atoms with Crippen molar-refractivity contribution in [1.29, 1.82) is 0 Å². The van der Waals surface area contributed by atoms with Crippen molar-refractivity contribution in [1.82, 2.24) is 10.2 Å². The van der Waals surface area contributed by atoms with Crippen LogP contribution in [0.1, 0.15) is 29.9 Å². The lowest BCUT2D eigenvalue weighted by molar-refractivity contribution is 0.251. The number of rotatable bonds is 6. The van der Waals surface area contributed by atoms with E-state index >= 15 is 0 Å². The van der Waals surface area contributed by atoms with Crippen LogP contribution in [0.15, 0.2) is 41.0 Å². The predicted octanol–water partition coefficient (Wildman–Crippen LogP) is 3.85. The van der Waals surface area contributed by atoms with Gasteiger partial charge in [-0.1, -0.05) is 23.7 Å². The normalized spacial score (nSPS) is 12.8. The third-order valence-corrected chi connectivity index (χ3v) is 3.82. The van der Waals surface area contributed by atoms with E-state index in [2.05, 4.69) is 30.3 Å². The Morgan fingerprint density at radius 1 is 1.35 bits per heavy atom. The van der Waals surface area contributed by atoms with Crippen LogP contribution in [0.5, 0.6) is 0 Å². The molecule has 0 aliphatic heterocycles. The van der Waals surface area contributed by atoms with Crippen molar-refractivity contribution in [2.75, 3.05) is 14.1 Å². The zero-order valence-corrected chi connectivity index (χ0v) is 12.9. The van der Waals surface area contributed by atoms with Crippen LogP contribution in [0.3, 0.4) is 0 Å².